The summed E-state index contributed by atoms with van der Waals surface area (Å²) in [6.07, 6.45) is 4.09. The minimum Gasteiger partial charge on any atom is -0.457 e. The Morgan fingerprint density at radius 3 is 2.88 bits per heavy atom. The SMILES string of the molecule is Cc1[nH]cnc1CCNCc1ccc(CN2CCCC2=O)c(Oc2ccc3c(c2)CNC3=O)c1. The molecule has 8 heteroatoms. The molecule has 2 aromatic carbocycles. The van der Waals surface area contributed by atoms with Crippen LogP contribution in [0, 0.1) is 6.92 Å². The van der Waals surface area contributed by atoms with Gasteiger partial charge in [0.2, 0.25) is 5.91 Å². The fourth-order valence-corrected chi connectivity index (χ4v) is 4.49. The maximum absolute atomic E-state index is 12.2. The molecule has 0 unspecified atom stereocenters. The molecule has 0 saturated carbocycles. The van der Waals surface area contributed by atoms with Crippen LogP contribution >= 0.6 is 0 Å². The molecule has 3 aromatic rings. The zero-order chi connectivity index (χ0) is 23.5. The van der Waals surface area contributed by atoms with E-state index >= 15 is 0 Å². The molecule has 1 fully saturated rings. The normalized spacial score (nSPS) is 15.0. The molecule has 3 heterocycles. The molecule has 0 spiro atoms. The number of aromatic nitrogens is 2. The summed E-state index contributed by atoms with van der Waals surface area (Å²) in [5, 5.41) is 6.32. The maximum atomic E-state index is 12.2. The molecule has 5 rings (SSSR count). The number of hydrogen-bond donors (Lipinski definition) is 3. The number of hydrogen-bond acceptors (Lipinski definition) is 5. The van der Waals surface area contributed by atoms with Gasteiger partial charge in [-0.15, -0.1) is 0 Å². The quantitative estimate of drug-likeness (QED) is 0.427. The number of imidazole rings is 1. The summed E-state index contributed by atoms with van der Waals surface area (Å²) in [6.45, 7) is 5.37. The van der Waals surface area contributed by atoms with Gasteiger partial charge in [0.25, 0.3) is 5.91 Å². The second-order valence-corrected chi connectivity index (χ2v) is 8.87. The van der Waals surface area contributed by atoms with Gasteiger partial charge < -0.3 is 25.3 Å². The van der Waals surface area contributed by atoms with Crippen LogP contribution in [-0.2, 0) is 30.8 Å². The van der Waals surface area contributed by atoms with E-state index in [1.165, 1.54) is 0 Å². The number of rotatable bonds is 9. The molecule has 0 bridgehead atoms. The summed E-state index contributed by atoms with van der Waals surface area (Å²) in [5.41, 5.74) is 5.88. The molecule has 1 saturated heterocycles. The smallest absolute Gasteiger partial charge is 0.251 e. The highest BCUT2D eigenvalue weighted by molar-refractivity contribution is 5.98. The molecule has 0 radical (unpaired) electrons. The second kappa shape index (κ2) is 9.69. The summed E-state index contributed by atoms with van der Waals surface area (Å²) < 4.78 is 6.32. The Bertz CT molecular complexity index is 1220. The zero-order valence-corrected chi connectivity index (χ0v) is 19.3. The van der Waals surface area contributed by atoms with E-state index in [0.717, 1.165) is 59.8 Å². The number of aromatic amines is 1. The van der Waals surface area contributed by atoms with E-state index in [-0.39, 0.29) is 11.8 Å². The van der Waals surface area contributed by atoms with Gasteiger partial charge in [0.1, 0.15) is 11.5 Å². The number of H-pyrrole nitrogens is 1. The van der Waals surface area contributed by atoms with Crippen LogP contribution in [0.2, 0.25) is 0 Å². The van der Waals surface area contributed by atoms with E-state index in [0.29, 0.717) is 37.4 Å². The van der Waals surface area contributed by atoms with Gasteiger partial charge >= 0.3 is 0 Å². The Morgan fingerprint density at radius 2 is 2.09 bits per heavy atom. The number of nitrogens with one attached hydrogen (secondary N) is 3. The predicted octanol–water partition coefficient (Wildman–Crippen LogP) is 3.21. The summed E-state index contributed by atoms with van der Waals surface area (Å²) >= 11 is 0. The lowest BCUT2D eigenvalue weighted by Gasteiger charge is -2.19. The van der Waals surface area contributed by atoms with Crippen molar-refractivity contribution < 1.29 is 14.3 Å². The highest BCUT2D eigenvalue weighted by Gasteiger charge is 2.23. The lowest BCUT2D eigenvalue weighted by atomic mass is 10.1. The molecule has 1 aromatic heterocycles. The summed E-state index contributed by atoms with van der Waals surface area (Å²) in [5.74, 6) is 1.56. The fraction of sp³-hybridized carbons (Fsp3) is 0.346. The van der Waals surface area contributed by atoms with Gasteiger partial charge in [-0.25, -0.2) is 4.98 Å². The van der Waals surface area contributed by atoms with E-state index in [9.17, 15) is 9.59 Å². The van der Waals surface area contributed by atoms with Gasteiger partial charge in [-0.2, -0.15) is 0 Å². The largest absolute Gasteiger partial charge is 0.457 e. The first-order valence-corrected chi connectivity index (χ1v) is 11.7. The molecular formula is C26H29N5O3. The molecular weight excluding hydrogens is 430 g/mol. The van der Waals surface area contributed by atoms with E-state index < -0.39 is 0 Å². The number of fused-ring (bicyclic) bond motifs is 1. The van der Waals surface area contributed by atoms with E-state index in [1.54, 1.807) is 12.4 Å². The number of carbonyl (C=O) groups is 2. The molecule has 2 amide bonds. The van der Waals surface area contributed by atoms with Crippen molar-refractivity contribution in [1.82, 2.24) is 25.5 Å². The van der Waals surface area contributed by atoms with Gasteiger partial charge in [-0.3, -0.25) is 9.59 Å². The molecule has 8 nitrogen and oxygen atoms in total. The van der Waals surface area contributed by atoms with Crippen LogP contribution < -0.4 is 15.4 Å². The van der Waals surface area contributed by atoms with Crippen LogP contribution in [0.5, 0.6) is 11.5 Å². The minimum absolute atomic E-state index is 0.0483. The first-order valence-electron chi connectivity index (χ1n) is 11.7. The molecule has 34 heavy (non-hydrogen) atoms. The minimum atomic E-state index is -0.0483. The van der Waals surface area contributed by atoms with Gasteiger partial charge in [0.15, 0.2) is 0 Å². The van der Waals surface area contributed by atoms with E-state index in [2.05, 4.69) is 26.7 Å². The number of aryl methyl sites for hydroxylation is 1. The Balaban J connectivity index is 1.31. The van der Waals surface area contributed by atoms with Crippen molar-refractivity contribution in [3.05, 3.63) is 76.4 Å². The van der Waals surface area contributed by atoms with Crippen LogP contribution in [0.1, 0.15) is 51.3 Å². The molecule has 0 atom stereocenters. The summed E-state index contributed by atoms with van der Waals surface area (Å²) in [7, 11) is 0. The monoisotopic (exact) mass is 459 g/mol. The van der Waals surface area contributed by atoms with Crippen molar-refractivity contribution in [3.8, 4) is 11.5 Å². The van der Waals surface area contributed by atoms with Gasteiger partial charge in [-0.1, -0.05) is 12.1 Å². The van der Waals surface area contributed by atoms with Crippen molar-refractivity contribution in [3.63, 3.8) is 0 Å². The van der Waals surface area contributed by atoms with Crippen molar-refractivity contribution in [1.29, 1.82) is 0 Å². The maximum Gasteiger partial charge on any atom is 0.251 e. The number of ether oxygens (including phenoxy) is 1. The third-order valence-corrected chi connectivity index (χ3v) is 6.45. The molecule has 3 N–H and O–H groups in total. The summed E-state index contributed by atoms with van der Waals surface area (Å²) in [6, 6.07) is 11.7. The van der Waals surface area contributed by atoms with E-state index in [4.69, 9.17) is 4.74 Å². The highest BCUT2D eigenvalue weighted by Crippen LogP contribution is 2.31. The zero-order valence-electron chi connectivity index (χ0n) is 19.3. The Labute approximate surface area is 198 Å². The molecule has 0 aliphatic carbocycles. The Kier molecular flexibility index (Phi) is 6.31. The number of benzene rings is 2. The van der Waals surface area contributed by atoms with Gasteiger partial charge in [0.05, 0.1) is 12.0 Å². The van der Waals surface area contributed by atoms with Crippen LogP contribution in [-0.4, -0.2) is 39.8 Å². The van der Waals surface area contributed by atoms with Crippen LogP contribution in [0.25, 0.3) is 0 Å². The number of nitrogens with zero attached hydrogens (tertiary/aromatic N) is 2. The fourth-order valence-electron chi connectivity index (χ4n) is 4.49. The van der Waals surface area contributed by atoms with Crippen LogP contribution in [0.15, 0.2) is 42.7 Å². The van der Waals surface area contributed by atoms with Gasteiger partial charge in [-0.05, 0) is 48.7 Å². The first kappa shape index (κ1) is 22.2. The van der Waals surface area contributed by atoms with Crippen LogP contribution in [0.3, 0.4) is 0 Å². The highest BCUT2D eigenvalue weighted by atomic mass is 16.5. The number of likely N-dealkylation sites (tertiary alicyclic amines) is 1. The Morgan fingerprint density at radius 1 is 1.18 bits per heavy atom. The first-order chi connectivity index (χ1) is 16.6. The third kappa shape index (κ3) is 4.82. The van der Waals surface area contributed by atoms with Crippen LogP contribution in [0.4, 0.5) is 0 Å². The Hall–Kier alpha value is -3.65. The van der Waals surface area contributed by atoms with Crippen molar-refractivity contribution in [2.45, 2.75) is 45.8 Å². The average Bonchev–Trinajstić information content (AvgIpc) is 3.54. The van der Waals surface area contributed by atoms with Crippen molar-refractivity contribution in [2.75, 3.05) is 13.1 Å². The lowest BCUT2D eigenvalue weighted by Crippen LogP contribution is -2.24. The number of carbonyl (C=O) groups excluding carboxylic acids is 2. The topological polar surface area (TPSA) is 99.3 Å². The lowest BCUT2D eigenvalue weighted by molar-refractivity contribution is -0.128. The van der Waals surface area contributed by atoms with Crippen molar-refractivity contribution in [2.24, 2.45) is 0 Å². The standard InChI is InChI=1S/C26H29N5O3/c1-17-23(30-16-29-17)8-9-27-13-18-4-5-19(15-31-10-2-3-25(31)32)24(11-18)34-21-6-7-22-20(12-21)14-28-26(22)33/h4-7,11-12,16,27H,2-3,8-10,13-15H2,1H3,(H,28,33)(H,29,30). The predicted molar refractivity (Wildman–Crippen MR) is 128 cm³/mol. The number of amides is 2. The van der Waals surface area contributed by atoms with Crippen molar-refractivity contribution >= 4 is 11.8 Å². The molecule has 2 aliphatic rings. The second-order valence-electron chi connectivity index (χ2n) is 8.87. The third-order valence-electron chi connectivity index (χ3n) is 6.45. The molecule has 176 valence electrons. The summed E-state index contributed by atoms with van der Waals surface area (Å²) in [4.78, 5) is 33.4. The average molecular weight is 460 g/mol. The molecule has 2 aliphatic heterocycles. The van der Waals surface area contributed by atoms with Gasteiger partial charge in [0, 0.05) is 62.4 Å². The van der Waals surface area contributed by atoms with E-state index in [1.807, 2.05) is 36.1 Å².